The molecule has 2 heterocycles. The molecule has 0 aromatic carbocycles. The summed E-state index contributed by atoms with van der Waals surface area (Å²) in [7, 11) is 0. The van der Waals surface area contributed by atoms with E-state index in [1.807, 2.05) is 0 Å². The van der Waals surface area contributed by atoms with Crippen molar-refractivity contribution >= 4 is 5.91 Å². The molecule has 4 fully saturated rings. The molecule has 0 aromatic rings. The SMILES string of the molecule is NCC[C@H](O)C(=O)N[C@@H]1C[C@@H](N)[C@@H](O[C@@H]2O[C@H](CN)[C@@H](O)[C@H](O)[C@H]2O)[C@H](F)[C@@H]1O[C@@H]1O[C@@H](CNC2CCC2)[C@H](O)[C@@H](N)[C@@H]1O. The fourth-order valence-electron chi connectivity index (χ4n) is 5.94. The van der Waals surface area contributed by atoms with Crippen molar-refractivity contribution in [2.45, 2.75) is 136 Å². The molecule has 0 bridgehead atoms. The van der Waals surface area contributed by atoms with E-state index in [0.29, 0.717) is 0 Å². The lowest BCUT2D eigenvalue weighted by Crippen LogP contribution is -2.69. The zero-order chi connectivity index (χ0) is 32.3. The summed E-state index contributed by atoms with van der Waals surface area (Å²) in [6.45, 7) is -0.0520. The summed E-state index contributed by atoms with van der Waals surface area (Å²) in [5.74, 6) is -0.860. The van der Waals surface area contributed by atoms with Gasteiger partial charge in [0.25, 0.3) is 0 Å². The zero-order valence-corrected chi connectivity index (χ0v) is 24.4. The Morgan fingerprint density at radius 3 is 2.16 bits per heavy atom. The second kappa shape index (κ2) is 15.6. The van der Waals surface area contributed by atoms with Crippen LogP contribution in [0.2, 0.25) is 0 Å². The topological polar surface area (TPSA) is 304 Å². The number of hydrogen-bond donors (Lipinski definition) is 12. The number of rotatable bonds is 12. The maximum atomic E-state index is 16.4. The second-order valence-corrected chi connectivity index (χ2v) is 12.1. The van der Waals surface area contributed by atoms with Crippen LogP contribution in [-0.4, -0.2) is 160 Å². The second-order valence-electron chi connectivity index (χ2n) is 12.1. The highest BCUT2D eigenvalue weighted by Crippen LogP contribution is 2.33. The van der Waals surface area contributed by atoms with Crippen LogP contribution in [0.3, 0.4) is 0 Å². The molecule has 0 spiro atoms. The van der Waals surface area contributed by atoms with Crippen molar-refractivity contribution in [1.29, 1.82) is 0 Å². The Bertz CT molecular complexity index is 928. The number of aliphatic hydroxyl groups excluding tert-OH is 6. The van der Waals surface area contributed by atoms with Gasteiger partial charge in [-0.3, -0.25) is 4.79 Å². The summed E-state index contributed by atoms with van der Waals surface area (Å²) >= 11 is 0. The zero-order valence-electron chi connectivity index (χ0n) is 24.4. The van der Waals surface area contributed by atoms with Gasteiger partial charge in [-0.25, -0.2) is 4.39 Å². The third-order valence-electron chi connectivity index (χ3n) is 9.00. The number of carbonyl (C=O) groups is 1. The Balaban J connectivity index is 1.53. The summed E-state index contributed by atoms with van der Waals surface area (Å²) in [4.78, 5) is 12.7. The normalized spacial score (nSPS) is 45.8. The number of halogens is 1. The minimum atomic E-state index is -2.17. The standard InChI is InChI=1S/C26H49FN6O11/c27-15-22(43-26-21(39)20(38)18(36)13(7-29)41-26)10(30)6-11(33-24(40)12(34)4-5-28)23(15)44-25-19(37)16(31)17(35)14(42-25)8-32-9-2-1-3-9/h9-23,25-26,32,34-39H,1-8,28-31H2,(H,33,40)/t10-,11-,12+,13-,14+,15+,16-,17+,18-,19+,20+,21-,22-,23-,25+,26+/m1/s1. The van der Waals surface area contributed by atoms with Gasteiger partial charge < -0.3 is 83.2 Å². The summed E-state index contributed by atoms with van der Waals surface area (Å²) in [5, 5.41) is 68.2. The van der Waals surface area contributed by atoms with Gasteiger partial charge in [0.05, 0.1) is 18.2 Å². The molecular weight excluding hydrogens is 591 g/mol. The Morgan fingerprint density at radius 1 is 0.909 bits per heavy atom. The Hall–Kier alpha value is -1.20. The first kappa shape index (κ1) is 35.7. The Kier molecular flexibility index (Phi) is 12.6. The highest BCUT2D eigenvalue weighted by atomic mass is 19.1. The van der Waals surface area contributed by atoms with Crippen molar-refractivity contribution in [3.63, 3.8) is 0 Å². The number of nitrogens with two attached hydrogens (primary N) is 4. The van der Waals surface area contributed by atoms with Crippen LogP contribution < -0.4 is 33.6 Å². The van der Waals surface area contributed by atoms with Crippen LogP contribution in [0, 0.1) is 0 Å². The number of carbonyl (C=O) groups excluding carboxylic acids is 1. The van der Waals surface area contributed by atoms with Gasteiger partial charge in [0, 0.05) is 25.2 Å². The van der Waals surface area contributed by atoms with Crippen LogP contribution in [0.1, 0.15) is 32.1 Å². The number of hydrogen-bond acceptors (Lipinski definition) is 16. The van der Waals surface area contributed by atoms with Crippen molar-refractivity contribution in [2.24, 2.45) is 22.9 Å². The lowest BCUT2D eigenvalue weighted by atomic mass is 9.84. The van der Waals surface area contributed by atoms with Crippen LogP contribution in [0.15, 0.2) is 0 Å². The van der Waals surface area contributed by atoms with Crippen molar-refractivity contribution < 1.29 is 58.8 Å². The van der Waals surface area contributed by atoms with Gasteiger partial charge in [0.15, 0.2) is 18.8 Å². The lowest BCUT2D eigenvalue weighted by molar-refractivity contribution is -0.326. The van der Waals surface area contributed by atoms with Crippen LogP contribution in [0.25, 0.3) is 0 Å². The minimum absolute atomic E-state index is 0.00695. The van der Waals surface area contributed by atoms with E-state index in [-0.39, 0.29) is 38.5 Å². The van der Waals surface area contributed by atoms with E-state index in [2.05, 4.69) is 10.6 Å². The molecule has 2 aliphatic carbocycles. The molecule has 256 valence electrons. The van der Waals surface area contributed by atoms with Crippen molar-refractivity contribution in [2.75, 3.05) is 19.6 Å². The first-order valence-electron chi connectivity index (χ1n) is 15.2. The van der Waals surface area contributed by atoms with E-state index in [9.17, 15) is 35.4 Å². The monoisotopic (exact) mass is 640 g/mol. The molecular formula is C26H49FN6O11. The Morgan fingerprint density at radius 2 is 1.55 bits per heavy atom. The molecule has 4 aliphatic rings. The molecule has 16 N–H and O–H groups in total. The first-order chi connectivity index (χ1) is 20.9. The fraction of sp³-hybridized carbons (Fsp3) is 0.962. The van der Waals surface area contributed by atoms with Gasteiger partial charge >= 0.3 is 0 Å². The highest BCUT2D eigenvalue weighted by Gasteiger charge is 2.53. The van der Waals surface area contributed by atoms with Gasteiger partial charge in [-0.2, -0.15) is 0 Å². The Labute approximate surface area is 254 Å². The maximum absolute atomic E-state index is 16.4. The van der Waals surface area contributed by atoms with Gasteiger partial charge in [-0.05, 0) is 32.2 Å². The van der Waals surface area contributed by atoms with E-state index < -0.39 is 104 Å². The highest BCUT2D eigenvalue weighted by molar-refractivity contribution is 5.80. The average molecular weight is 641 g/mol. The molecule has 1 amide bonds. The molecule has 17 nitrogen and oxygen atoms in total. The van der Waals surface area contributed by atoms with Gasteiger partial charge in [-0.15, -0.1) is 0 Å². The predicted molar refractivity (Wildman–Crippen MR) is 149 cm³/mol. The molecule has 2 saturated carbocycles. The lowest BCUT2D eigenvalue weighted by Gasteiger charge is -2.48. The number of aliphatic hydroxyl groups is 6. The molecule has 0 unspecified atom stereocenters. The molecule has 0 radical (unpaired) electrons. The minimum Gasteiger partial charge on any atom is -0.389 e. The molecule has 2 aliphatic heterocycles. The number of nitrogens with one attached hydrogen (secondary N) is 2. The predicted octanol–water partition coefficient (Wildman–Crippen LogP) is -6.30. The number of amides is 1. The van der Waals surface area contributed by atoms with Crippen molar-refractivity contribution in [3.8, 4) is 0 Å². The summed E-state index contributed by atoms with van der Waals surface area (Å²) in [5.41, 5.74) is 23.4. The van der Waals surface area contributed by atoms with E-state index in [0.717, 1.165) is 19.3 Å². The molecule has 0 aromatic heterocycles. The van der Waals surface area contributed by atoms with Crippen LogP contribution >= 0.6 is 0 Å². The molecule has 2 saturated heterocycles. The molecule has 44 heavy (non-hydrogen) atoms. The van der Waals surface area contributed by atoms with Gasteiger partial charge in [0.2, 0.25) is 5.91 Å². The van der Waals surface area contributed by atoms with Gasteiger partial charge in [0.1, 0.15) is 54.9 Å². The van der Waals surface area contributed by atoms with Gasteiger partial charge in [-0.1, -0.05) is 6.42 Å². The number of ether oxygens (including phenoxy) is 4. The van der Waals surface area contributed by atoms with E-state index >= 15 is 4.39 Å². The van der Waals surface area contributed by atoms with E-state index in [4.69, 9.17) is 41.9 Å². The van der Waals surface area contributed by atoms with Crippen molar-refractivity contribution in [3.05, 3.63) is 0 Å². The quantitative estimate of drug-likeness (QED) is 0.0944. The summed E-state index contributed by atoms with van der Waals surface area (Å²) < 4.78 is 39.4. The average Bonchev–Trinajstić information content (AvgIpc) is 2.97. The molecule has 16 atom stereocenters. The van der Waals surface area contributed by atoms with Crippen molar-refractivity contribution in [1.82, 2.24) is 10.6 Å². The third-order valence-corrected chi connectivity index (χ3v) is 9.00. The maximum Gasteiger partial charge on any atom is 0.249 e. The number of alkyl halides is 1. The van der Waals surface area contributed by atoms with Crippen LogP contribution in [0.4, 0.5) is 4.39 Å². The first-order valence-corrected chi connectivity index (χ1v) is 15.2. The van der Waals surface area contributed by atoms with Crippen LogP contribution in [0.5, 0.6) is 0 Å². The molecule has 18 heteroatoms. The third kappa shape index (κ3) is 7.84. The van der Waals surface area contributed by atoms with E-state index in [1.54, 1.807) is 0 Å². The largest absolute Gasteiger partial charge is 0.389 e. The van der Waals surface area contributed by atoms with Crippen LogP contribution in [-0.2, 0) is 23.7 Å². The van der Waals surface area contributed by atoms with E-state index in [1.165, 1.54) is 0 Å². The fourth-order valence-corrected chi connectivity index (χ4v) is 5.94. The molecule has 4 rings (SSSR count). The summed E-state index contributed by atoms with van der Waals surface area (Å²) in [6, 6.07) is -3.29. The smallest absolute Gasteiger partial charge is 0.249 e. The summed E-state index contributed by atoms with van der Waals surface area (Å²) in [6.07, 6.45) is -17.2.